The summed E-state index contributed by atoms with van der Waals surface area (Å²) in [6.07, 6.45) is -2.28. The van der Waals surface area contributed by atoms with Crippen LogP contribution in [0.1, 0.15) is 19.3 Å². The summed E-state index contributed by atoms with van der Waals surface area (Å²) in [5, 5.41) is 0. The Kier molecular flexibility index (Phi) is 5.53. The third kappa shape index (κ3) is 5.08. The molecule has 1 aliphatic rings. The molecule has 0 saturated carbocycles. The van der Waals surface area contributed by atoms with Gasteiger partial charge in [-0.25, -0.2) is 13.1 Å². The summed E-state index contributed by atoms with van der Waals surface area (Å²) in [5.74, 6) is -0.731. The van der Waals surface area contributed by atoms with Crippen LogP contribution in [0.2, 0.25) is 0 Å². The lowest BCUT2D eigenvalue weighted by Crippen LogP contribution is -2.32. The Bertz CT molecular complexity index is 634. The van der Waals surface area contributed by atoms with E-state index in [1.807, 2.05) is 7.05 Å². The first-order valence-corrected chi connectivity index (χ1v) is 8.72. The summed E-state index contributed by atoms with van der Waals surface area (Å²) in [6, 6.07) is 4.99. The van der Waals surface area contributed by atoms with Crippen molar-refractivity contribution in [3.05, 3.63) is 24.3 Å². The first kappa shape index (κ1) is 18.0. The van der Waals surface area contributed by atoms with Gasteiger partial charge in [0.25, 0.3) is 0 Å². The van der Waals surface area contributed by atoms with Crippen molar-refractivity contribution in [1.82, 2.24) is 9.62 Å². The third-order valence-corrected chi connectivity index (χ3v) is 5.31. The predicted octanol–water partition coefficient (Wildman–Crippen LogP) is 2.35. The fourth-order valence-corrected chi connectivity index (χ4v) is 3.84. The van der Waals surface area contributed by atoms with Gasteiger partial charge in [0.15, 0.2) is 0 Å². The Hall–Kier alpha value is -1.32. The van der Waals surface area contributed by atoms with Crippen LogP contribution in [0, 0.1) is 0 Å². The van der Waals surface area contributed by atoms with Crippen LogP contribution in [0.5, 0.6) is 5.75 Å². The van der Waals surface area contributed by atoms with Gasteiger partial charge in [-0.15, -0.1) is 13.2 Å². The Morgan fingerprint density at radius 3 is 2.65 bits per heavy atom. The molecule has 0 aliphatic carbocycles. The van der Waals surface area contributed by atoms with Crippen LogP contribution < -0.4 is 9.46 Å². The van der Waals surface area contributed by atoms with Crippen molar-refractivity contribution >= 4 is 10.0 Å². The number of benzene rings is 1. The van der Waals surface area contributed by atoms with Crippen LogP contribution in [-0.2, 0) is 10.0 Å². The molecule has 1 aliphatic heterocycles. The number of rotatable bonds is 6. The van der Waals surface area contributed by atoms with Gasteiger partial charge in [-0.3, -0.25) is 0 Å². The molecule has 1 heterocycles. The number of likely N-dealkylation sites (tertiary alicyclic amines) is 1. The van der Waals surface area contributed by atoms with E-state index in [1.165, 1.54) is 12.1 Å². The van der Waals surface area contributed by atoms with Gasteiger partial charge in [0.1, 0.15) is 10.6 Å². The zero-order valence-electron chi connectivity index (χ0n) is 12.6. The Balaban J connectivity index is 2.04. The maximum atomic E-state index is 12.4. The first-order chi connectivity index (χ1) is 10.7. The lowest BCUT2D eigenvalue weighted by Gasteiger charge is -2.19. The summed E-state index contributed by atoms with van der Waals surface area (Å²) in [5.41, 5.74) is 0. The SMILES string of the molecule is CN1CCCC1CCNS(=O)(=O)c1ccccc1OC(F)(F)F. The molecule has 5 nitrogen and oxygen atoms in total. The number of hydrogen-bond donors (Lipinski definition) is 1. The summed E-state index contributed by atoms with van der Waals surface area (Å²) in [6.45, 7) is 1.14. The Labute approximate surface area is 133 Å². The van der Waals surface area contributed by atoms with E-state index in [2.05, 4.69) is 14.4 Å². The van der Waals surface area contributed by atoms with Crippen molar-refractivity contribution in [3.8, 4) is 5.75 Å². The van der Waals surface area contributed by atoms with Crippen molar-refractivity contribution in [2.24, 2.45) is 0 Å². The maximum absolute atomic E-state index is 12.4. The maximum Gasteiger partial charge on any atom is 0.573 e. The first-order valence-electron chi connectivity index (χ1n) is 7.24. The van der Waals surface area contributed by atoms with Crippen molar-refractivity contribution in [2.75, 3.05) is 20.1 Å². The molecule has 0 spiro atoms. The second-order valence-corrected chi connectivity index (χ2v) is 7.19. The highest BCUT2D eigenvalue weighted by Gasteiger charge is 2.34. The van der Waals surface area contributed by atoms with Crippen LogP contribution in [0.25, 0.3) is 0 Å². The smallest absolute Gasteiger partial charge is 0.404 e. The van der Waals surface area contributed by atoms with Crippen molar-refractivity contribution in [1.29, 1.82) is 0 Å². The molecular formula is C14H19F3N2O3S. The average molecular weight is 352 g/mol. The van der Waals surface area contributed by atoms with E-state index in [1.54, 1.807) is 0 Å². The normalized spacial score (nSPS) is 19.9. The number of hydrogen-bond acceptors (Lipinski definition) is 4. The zero-order valence-corrected chi connectivity index (χ0v) is 13.5. The number of alkyl halides is 3. The molecule has 1 aromatic carbocycles. The number of sulfonamides is 1. The highest BCUT2D eigenvalue weighted by Crippen LogP contribution is 2.29. The number of nitrogens with one attached hydrogen (secondary N) is 1. The van der Waals surface area contributed by atoms with Crippen molar-refractivity contribution < 1.29 is 26.3 Å². The van der Waals surface area contributed by atoms with E-state index in [9.17, 15) is 21.6 Å². The van der Waals surface area contributed by atoms with Gasteiger partial charge in [-0.05, 0) is 45.0 Å². The molecule has 1 fully saturated rings. The number of nitrogens with zero attached hydrogens (tertiary/aromatic N) is 1. The highest BCUT2D eigenvalue weighted by molar-refractivity contribution is 7.89. The van der Waals surface area contributed by atoms with Crippen LogP contribution in [-0.4, -0.2) is 45.9 Å². The van der Waals surface area contributed by atoms with E-state index >= 15 is 0 Å². The minimum Gasteiger partial charge on any atom is -0.404 e. The van der Waals surface area contributed by atoms with Gasteiger partial charge in [0.05, 0.1) is 0 Å². The molecule has 9 heteroatoms. The summed E-state index contributed by atoms with van der Waals surface area (Å²) in [4.78, 5) is 1.63. The summed E-state index contributed by atoms with van der Waals surface area (Å²) >= 11 is 0. The van der Waals surface area contributed by atoms with Gasteiger partial charge in [0.2, 0.25) is 10.0 Å². The van der Waals surface area contributed by atoms with Crippen molar-refractivity contribution in [3.63, 3.8) is 0 Å². The van der Waals surface area contributed by atoms with Crippen LogP contribution in [0.15, 0.2) is 29.2 Å². The third-order valence-electron chi connectivity index (χ3n) is 3.81. The fourth-order valence-electron chi connectivity index (χ4n) is 2.66. The molecule has 1 N–H and O–H groups in total. The lowest BCUT2D eigenvalue weighted by molar-refractivity contribution is -0.275. The fraction of sp³-hybridized carbons (Fsp3) is 0.571. The molecule has 23 heavy (non-hydrogen) atoms. The Morgan fingerprint density at radius 1 is 1.35 bits per heavy atom. The molecular weight excluding hydrogens is 333 g/mol. The number of halogens is 3. The van der Waals surface area contributed by atoms with Gasteiger partial charge in [-0.1, -0.05) is 12.1 Å². The quantitative estimate of drug-likeness (QED) is 0.854. The van der Waals surface area contributed by atoms with Gasteiger partial charge < -0.3 is 9.64 Å². The van der Waals surface area contributed by atoms with E-state index in [0.29, 0.717) is 12.5 Å². The molecule has 0 radical (unpaired) electrons. The van der Waals surface area contributed by atoms with Gasteiger partial charge in [0, 0.05) is 12.6 Å². The molecule has 0 aromatic heterocycles. The monoisotopic (exact) mass is 352 g/mol. The molecule has 130 valence electrons. The second kappa shape index (κ2) is 7.06. The second-order valence-electron chi connectivity index (χ2n) is 5.46. The molecule has 0 amide bonds. The molecule has 1 unspecified atom stereocenters. The molecule has 1 atom stereocenters. The number of ether oxygens (including phenoxy) is 1. The molecule has 1 saturated heterocycles. The average Bonchev–Trinajstić information content (AvgIpc) is 2.83. The lowest BCUT2D eigenvalue weighted by atomic mass is 10.1. The minimum absolute atomic E-state index is 0.164. The highest BCUT2D eigenvalue weighted by atomic mass is 32.2. The van der Waals surface area contributed by atoms with Crippen LogP contribution in [0.3, 0.4) is 0 Å². The minimum atomic E-state index is -4.95. The molecule has 0 bridgehead atoms. The number of para-hydroxylation sites is 1. The molecule has 1 aromatic rings. The van der Waals surface area contributed by atoms with E-state index in [-0.39, 0.29) is 6.54 Å². The van der Waals surface area contributed by atoms with E-state index in [0.717, 1.165) is 31.5 Å². The molecule has 2 rings (SSSR count). The standard InChI is InChI=1S/C14H19F3N2O3S/c1-19-10-4-5-11(19)8-9-18-23(20,21)13-7-3-2-6-12(13)22-14(15,16)17/h2-3,6-7,11,18H,4-5,8-10H2,1H3. The topological polar surface area (TPSA) is 58.6 Å². The summed E-state index contributed by atoms with van der Waals surface area (Å²) < 4.78 is 67.7. The van der Waals surface area contributed by atoms with Gasteiger partial charge >= 0.3 is 6.36 Å². The zero-order chi connectivity index (χ0) is 17.1. The Morgan fingerprint density at radius 2 is 2.04 bits per heavy atom. The van der Waals surface area contributed by atoms with Crippen LogP contribution in [0.4, 0.5) is 13.2 Å². The van der Waals surface area contributed by atoms with Crippen LogP contribution >= 0.6 is 0 Å². The predicted molar refractivity (Wildman–Crippen MR) is 78.6 cm³/mol. The van der Waals surface area contributed by atoms with E-state index < -0.39 is 27.0 Å². The van der Waals surface area contributed by atoms with Crippen molar-refractivity contribution in [2.45, 2.75) is 36.6 Å². The van der Waals surface area contributed by atoms with E-state index in [4.69, 9.17) is 0 Å². The summed E-state index contributed by atoms with van der Waals surface area (Å²) in [7, 11) is -2.10. The van der Waals surface area contributed by atoms with Gasteiger partial charge in [-0.2, -0.15) is 0 Å². The largest absolute Gasteiger partial charge is 0.573 e.